The lowest BCUT2D eigenvalue weighted by atomic mass is 10.2. The summed E-state index contributed by atoms with van der Waals surface area (Å²) in [5.74, 6) is 0.0392. The second-order valence-corrected chi connectivity index (χ2v) is 7.06. The Morgan fingerprint density at radius 2 is 2.00 bits per heavy atom. The Morgan fingerprint density at radius 3 is 2.68 bits per heavy atom. The van der Waals surface area contributed by atoms with Crippen LogP contribution in [0, 0.1) is 0 Å². The molecule has 1 aliphatic carbocycles. The van der Waals surface area contributed by atoms with Gasteiger partial charge in [-0.1, -0.05) is 25.0 Å². The molecule has 0 bridgehead atoms. The molecule has 4 nitrogen and oxygen atoms in total. The van der Waals surface area contributed by atoms with Crippen LogP contribution in [0.25, 0.3) is 0 Å². The van der Waals surface area contributed by atoms with Gasteiger partial charge in [0, 0.05) is 6.54 Å². The third-order valence-electron chi connectivity index (χ3n) is 3.50. The first kappa shape index (κ1) is 14.5. The second-order valence-electron chi connectivity index (χ2n) is 4.95. The van der Waals surface area contributed by atoms with Crippen molar-refractivity contribution < 1.29 is 13.2 Å². The van der Waals surface area contributed by atoms with Crippen LogP contribution in [0.2, 0.25) is 0 Å². The molecule has 106 valence electrons. The highest BCUT2D eigenvalue weighted by atomic mass is 32.2. The number of rotatable bonds is 6. The molecule has 0 spiro atoms. The zero-order chi connectivity index (χ0) is 13.7. The summed E-state index contributed by atoms with van der Waals surface area (Å²) in [6.45, 7) is 0.627. The average Bonchev–Trinajstić information content (AvgIpc) is 2.92. The molecule has 1 aromatic rings. The number of hydrogen-bond donors (Lipinski definition) is 1. The number of ether oxygens (including phenoxy) is 1. The number of hydrogen-bond acceptors (Lipinski definition) is 4. The van der Waals surface area contributed by atoms with Crippen LogP contribution in [0.3, 0.4) is 0 Å². The minimum atomic E-state index is -3.27. The van der Waals surface area contributed by atoms with Crippen molar-refractivity contribution in [1.29, 1.82) is 0 Å². The van der Waals surface area contributed by atoms with Crippen molar-refractivity contribution in [3.8, 4) is 0 Å². The molecule has 0 aromatic heterocycles. The summed E-state index contributed by atoms with van der Waals surface area (Å²) in [5, 5.41) is 0. The average molecular weight is 283 g/mol. The highest BCUT2D eigenvalue weighted by molar-refractivity contribution is 7.91. The van der Waals surface area contributed by atoms with Gasteiger partial charge in [0.2, 0.25) is 0 Å². The Kier molecular flexibility index (Phi) is 4.96. The SMILES string of the molecule is NCc1cccc(S(=O)(=O)CCOC2CCCC2)c1. The summed E-state index contributed by atoms with van der Waals surface area (Å²) in [6.07, 6.45) is 4.75. The molecule has 19 heavy (non-hydrogen) atoms. The quantitative estimate of drug-likeness (QED) is 0.865. The molecule has 0 aliphatic heterocycles. The van der Waals surface area contributed by atoms with Crippen LogP contribution in [-0.2, 0) is 21.1 Å². The first-order valence-electron chi connectivity index (χ1n) is 6.75. The topological polar surface area (TPSA) is 69.4 Å². The highest BCUT2D eigenvalue weighted by Gasteiger charge is 2.18. The van der Waals surface area contributed by atoms with Gasteiger partial charge in [0.05, 0.1) is 23.4 Å². The summed E-state index contributed by atoms with van der Waals surface area (Å²) in [4.78, 5) is 0.338. The van der Waals surface area contributed by atoms with E-state index in [-0.39, 0.29) is 18.5 Å². The van der Waals surface area contributed by atoms with Crippen molar-refractivity contribution in [2.75, 3.05) is 12.4 Å². The first-order chi connectivity index (χ1) is 9.12. The fourth-order valence-corrected chi connectivity index (χ4v) is 3.53. The maximum Gasteiger partial charge on any atom is 0.180 e. The third-order valence-corrected chi connectivity index (χ3v) is 5.18. The van der Waals surface area contributed by atoms with Crippen molar-refractivity contribution in [2.45, 2.75) is 43.2 Å². The van der Waals surface area contributed by atoms with Gasteiger partial charge in [-0.05, 0) is 30.5 Å². The van der Waals surface area contributed by atoms with E-state index in [1.807, 2.05) is 6.07 Å². The normalized spacial score (nSPS) is 16.9. The van der Waals surface area contributed by atoms with E-state index in [1.54, 1.807) is 18.2 Å². The van der Waals surface area contributed by atoms with Crippen LogP contribution in [0.4, 0.5) is 0 Å². The van der Waals surface area contributed by atoms with Gasteiger partial charge in [0.25, 0.3) is 0 Å². The maximum atomic E-state index is 12.2. The van der Waals surface area contributed by atoms with Gasteiger partial charge in [0.1, 0.15) is 0 Å². The number of nitrogens with two attached hydrogens (primary N) is 1. The zero-order valence-electron chi connectivity index (χ0n) is 11.0. The molecule has 1 fully saturated rings. The minimum absolute atomic E-state index is 0.0392. The van der Waals surface area contributed by atoms with E-state index in [2.05, 4.69) is 0 Å². The predicted molar refractivity (Wildman–Crippen MR) is 74.6 cm³/mol. The molecule has 0 radical (unpaired) electrons. The van der Waals surface area contributed by atoms with Crippen LogP contribution in [0.15, 0.2) is 29.2 Å². The molecule has 0 atom stereocenters. The largest absolute Gasteiger partial charge is 0.377 e. The van der Waals surface area contributed by atoms with Gasteiger partial charge in [-0.2, -0.15) is 0 Å². The van der Waals surface area contributed by atoms with Gasteiger partial charge in [0.15, 0.2) is 9.84 Å². The maximum absolute atomic E-state index is 12.2. The smallest absolute Gasteiger partial charge is 0.180 e. The summed E-state index contributed by atoms with van der Waals surface area (Å²) >= 11 is 0. The van der Waals surface area contributed by atoms with E-state index in [9.17, 15) is 8.42 Å². The Morgan fingerprint density at radius 1 is 1.26 bits per heavy atom. The Bertz CT molecular complexity index is 507. The minimum Gasteiger partial charge on any atom is -0.377 e. The Labute approximate surface area is 114 Å². The monoisotopic (exact) mass is 283 g/mol. The number of benzene rings is 1. The van der Waals surface area contributed by atoms with E-state index < -0.39 is 9.84 Å². The molecule has 2 N–H and O–H groups in total. The van der Waals surface area contributed by atoms with Gasteiger partial charge in [-0.3, -0.25) is 0 Å². The van der Waals surface area contributed by atoms with Gasteiger partial charge < -0.3 is 10.5 Å². The molecule has 2 rings (SSSR count). The van der Waals surface area contributed by atoms with Crippen molar-refractivity contribution in [3.63, 3.8) is 0 Å². The van der Waals surface area contributed by atoms with Gasteiger partial charge in [-0.15, -0.1) is 0 Å². The summed E-state index contributed by atoms with van der Waals surface area (Å²) in [7, 11) is -3.27. The molecule has 0 heterocycles. The van der Waals surface area contributed by atoms with Crippen LogP contribution >= 0.6 is 0 Å². The van der Waals surface area contributed by atoms with Crippen LogP contribution in [-0.4, -0.2) is 26.9 Å². The number of sulfone groups is 1. The van der Waals surface area contributed by atoms with Crippen molar-refractivity contribution in [2.24, 2.45) is 5.73 Å². The molecule has 1 saturated carbocycles. The fraction of sp³-hybridized carbons (Fsp3) is 0.571. The molecule has 0 saturated heterocycles. The van der Waals surface area contributed by atoms with Crippen LogP contribution in [0.5, 0.6) is 0 Å². The molecular formula is C14H21NO3S. The van der Waals surface area contributed by atoms with Crippen molar-refractivity contribution in [1.82, 2.24) is 0 Å². The summed E-state index contributed by atoms with van der Waals surface area (Å²) in [5.41, 5.74) is 6.36. The summed E-state index contributed by atoms with van der Waals surface area (Å²) < 4.78 is 29.9. The second kappa shape index (κ2) is 6.50. The molecule has 5 heteroatoms. The van der Waals surface area contributed by atoms with Crippen LogP contribution in [0.1, 0.15) is 31.2 Å². The molecule has 0 amide bonds. The molecule has 1 aliphatic rings. The lowest BCUT2D eigenvalue weighted by Crippen LogP contribution is -2.17. The van der Waals surface area contributed by atoms with E-state index in [0.29, 0.717) is 11.4 Å². The van der Waals surface area contributed by atoms with Crippen LogP contribution < -0.4 is 5.73 Å². The Balaban J connectivity index is 1.93. The van der Waals surface area contributed by atoms with Gasteiger partial charge >= 0.3 is 0 Å². The van der Waals surface area contributed by atoms with Gasteiger partial charge in [-0.25, -0.2) is 8.42 Å². The van der Waals surface area contributed by atoms with E-state index in [4.69, 9.17) is 10.5 Å². The molecule has 1 aromatic carbocycles. The highest BCUT2D eigenvalue weighted by Crippen LogP contribution is 2.21. The first-order valence-corrected chi connectivity index (χ1v) is 8.40. The van der Waals surface area contributed by atoms with E-state index in [0.717, 1.165) is 18.4 Å². The lowest BCUT2D eigenvalue weighted by Gasteiger charge is -2.11. The zero-order valence-corrected chi connectivity index (χ0v) is 11.9. The molecular weight excluding hydrogens is 262 g/mol. The fourth-order valence-electron chi connectivity index (χ4n) is 2.36. The summed E-state index contributed by atoms with van der Waals surface area (Å²) in [6, 6.07) is 6.82. The molecule has 0 unspecified atom stereocenters. The van der Waals surface area contributed by atoms with Crippen molar-refractivity contribution in [3.05, 3.63) is 29.8 Å². The predicted octanol–water partition coefficient (Wildman–Crippen LogP) is 1.88. The standard InChI is InChI=1S/C14H21NO3S/c15-11-12-4-3-7-14(10-12)19(16,17)9-8-18-13-5-1-2-6-13/h3-4,7,10,13H,1-2,5-6,8-9,11,15H2. The van der Waals surface area contributed by atoms with E-state index >= 15 is 0 Å². The van der Waals surface area contributed by atoms with E-state index in [1.165, 1.54) is 12.8 Å². The Hall–Kier alpha value is -0.910. The van der Waals surface area contributed by atoms with Crippen molar-refractivity contribution >= 4 is 9.84 Å². The third kappa shape index (κ3) is 4.03. The lowest BCUT2D eigenvalue weighted by molar-refractivity contribution is 0.0697.